The van der Waals surface area contributed by atoms with Crippen LogP contribution >= 0.6 is 0 Å². The van der Waals surface area contributed by atoms with Gasteiger partial charge in [0, 0.05) is 18.3 Å². The van der Waals surface area contributed by atoms with Crippen LogP contribution < -0.4 is 4.74 Å². The Morgan fingerprint density at radius 1 is 1.08 bits per heavy atom. The highest BCUT2D eigenvalue weighted by molar-refractivity contribution is 5.92. The van der Waals surface area contributed by atoms with E-state index in [4.69, 9.17) is 4.74 Å². The summed E-state index contributed by atoms with van der Waals surface area (Å²) < 4.78 is 5.25. The number of aryl methyl sites for hydroxylation is 1. The molecule has 5 nitrogen and oxygen atoms in total. The van der Waals surface area contributed by atoms with E-state index in [1.807, 2.05) is 19.1 Å². The minimum atomic E-state index is 0.0354. The van der Waals surface area contributed by atoms with Gasteiger partial charge in [-0.15, -0.1) is 0 Å². The molecule has 4 rings (SSSR count). The van der Waals surface area contributed by atoms with Crippen LogP contribution in [-0.2, 0) is 0 Å². The number of aromatic nitrogens is 2. The topological polar surface area (TPSA) is 55.3 Å². The number of amides is 1. The number of benzene rings is 1. The van der Waals surface area contributed by atoms with Crippen LogP contribution in [0.15, 0.2) is 36.7 Å². The van der Waals surface area contributed by atoms with E-state index < -0.39 is 0 Å². The zero-order chi connectivity index (χ0) is 17.4. The summed E-state index contributed by atoms with van der Waals surface area (Å²) in [5.74, 6) is 1.43. The lowest BCUT2D eigenvalue weighted by Crippen LogP contribution is -2.46. The predicted octanol–water partition coefficient (Wildman–Crippen LogP) is 3.34. The summed E-state index contributed by atoms with van der Waals surface area (Å²) in [4.78, 5) is 23.5. The van der Waals surface area contributed by atoms with Gasteiger partial charge >= 0.3 is 0 Å². The standard InChI is InChI=1S/C20H23N3O2/c1-13-11-22-19(12-21-13)20(24)23-16-5-6-17(23)10-15(9-16)14-3-7-18(25-2)8-4-14/h3-4,7-8,11-12,15-17H,5-6,9-10H2,1-2H3/t15?,16-,17+. The van der Waals surface area contributed by atoms with Crippen LogP contribution in [0.2, 0.25) is 0 Å². The molecule has 0 saturated carbocycles. The van der Waals surface area contributed by atoms with Crippen molar-refractivity contribution in [3.8, 4) is 5.75 Å². The van der Waals surface area contributed by atoms with Crippen molar-refractivity contribution in [3.05, 3.63) is 53.6 Å². The molecule has 2 saturated heterocycles. The number of rotatable bonds is 3. The van der Waals surface area contributed by atoms with E-state index in [0.717, 1.165) is 37.1 Å². The summed E-state index contributed by atoms with van der Waals surface area (Å²) in [6.45, 7) is 1.88. The minimum absolute atomic E-state index is 0.0354. The first kappa shape index (κ1) is 16.1. The molecule has 130 valence electrons. The molecule has 1 aromatic carbocycles. The average molecular weight is 337 g/mol. The fourth-order valence-electron chi connectivity index (χ4n) is 4.29. The Kier molecular flexibility index (Phi) is 4.15. The first-order valence-electron chi connectivity index (χ1n) is 8.91. The smallest absolute Gasteiger partial charge is 0.274 e. The van der Waals surface area contributed by atoms with Crippen molar-refractivity contribution in [2.24, 2.45) is 0 Å². The zero-order valence-electron chi connectivity index (χ0n) is 14.7. The molecule has 25 heavy (non-hydrogen) atoms. The molecular formula is C20H23N3O2. The molecule has 5 heteroatoms. The highest BCUT2D eigenvalue weighted by atomic mass is 16.5. The van der Waals surface area contributed by atoms with Gasteiger partial charge in [0.25, 0.3) is 5.91 Å². The monoisotopic (exact) mass is 337 g/mol. The summed E-state index contributed by atoms with van der Waals surface area (Å²) in [6.07, 6.45) is 7.48. The van der Waals surface area contributed by atoms with Gasteiger partial charge in [-0.2, -0.15) is 0 Å². The van der Waals surface area contributed by atoms with Crippen LogP contribution in [0.5, 0.6) is 5.75 Å². The summed E-state index contributed by atoms with van der Waals surface area (Å²) >= 11 is 0. The van der Waals surface area contributed by atoms with E-state index in [1.54, 1.807) is 19.5 Å². The van der Waals surface area contributed by atoms with E-state index in [0.29, 0.717) is 23.7 Å². The Labute approximate surface area is 148 Å². The van der Waals surface area contributed by atoms with Gasteiger partial charge in [0.1, 0.15) is 11.4 Å². The molecule has 0 spiro atoms. The third-order valence-corrected chi connectivity index (χ3v) is 5.55. The highest BCUT2D eigenvalue weighted by Gasteiger charge is 2.44. The van der Waals surface area contributed by atoms with Crippen LogP contribution in [0, 0.1) is 6.92 Å². The number of carbonyl (C=O) groups excluding carboxylic acids is 1. The van der Waals surface area contributed by atoms with Crippen molar-refractivity contribution >= 4 is 5.91 Å². The fraction of sp³-hybridized carbons (Fsp3) is 0.450. The van der Waals surface area contributed by atoms with Gasteiger partial charge in [0.05, 0.1) is 19.0 Å². The number of carbonyl (C=O) groups is 1. The van der Waals surface area contributed by atoms with Gasteiger partial charge in [0.2, 0.25) is 0 Å². The number of hydrogen-bond acceptors (Lipinski definition) is 4. The largest absolute Gasteiger partial charge is 0.497 e. The van der Waals surface area contributed by atoms with Crippen molar-refractivity contribution < 1.29 is 9.53 Å². The number of fused-ring (bicyclic) bond motifs is 2. The summed E-state index contributed by atoms with van der Waals surface area (Å²) in [5, 5.41) is 0. The van der Waals surface area contributed by atoms with Gasteiger partial charge in [-0.05, 0) is 56.2 Å². The predicted molar refractivity (Wildman–Crippen MR) is 94.7 cm³/mol. The first-order valence-corrected chi connectivity index (χ1v) is 8.91. The molecule has 1 aromatic heterocycles. The van der Waals surface area contributed by atoms with Crippen molar-refractivity contribution in [1.82, 2.24) is 14.9 Å². The lowest BCUT2D eigenvalue weighted by Gasteiger charge is -2.39. The fourth-order valence-corrected chi connectivity index (χ4v) is 4.29. The quantitative estimate of drug-likeness (QED) is 0.862. The first-order chi connectivity index (χ1) is 12.2. The normalized spacial score (nSPS) is 25.0. The number of piperidine rings is 1. The second-order valence-electron chi connectivity index (χ2n) is 7.08. The third-order valence-electron chi connectivity index (χ3n) is 5.55. The maximum atomic E-state index is 12.9. The molecule has 3 atom stereocenters. The Bertz CT molecular complexity index is 744. The van der Waals surface area contributed by atoms with Gasteiger partial charge in [-0.25, -0.2) is 4.98 Å². The van der Waals surface area contributed by atoms with Crippen molar-refractivity contribution in [2.45, 2.75) is 50.6 Å². The molecule has 0 radical (unpaired) electrons. The molecule has 3 heterocycles. The second kappa shape index (κ2) is 6.47. The summed E-state index contributed by atoms with van der Waals surface area (Å²) in [7, 11) is 1.69. The molecule has 0 N–H and O–H groups in total. The Balaban J connectivity index is 1.51. The number of nitrogens with zero attached hydrogens (tertiary/aromatic N) is 3. The van der Waals surface area contributed by atoms with E-state index in [-0.39, 0.29) is 5.91 Å². The van der Waals surface area contributed by atoms with Crippen LogP contribution in [0.25, 0.3) is 0 Å². The Morgan fingerprint density at radius 2 is 1.76 bits per heavy atom. The molecule has 2 aliphatic heterocycles. The molecule has 2 bridgehead atoms. The Hall–Kier alpha value is -2.43. The SMILES string of the molecule is COc1ccc(C2C[C@H]3CC[C@@H](C2)N3C(=O)c2cnc(C)cn2)cc1. The van der Waals surface area contributed by atoms with E-state index in [1.165, 1.54) is 5.56 Å². The number of methoxy groups -OCH3 is 1. The minimum Gasteiger partial charge on any atom is -0.497 e. The van der Waals surface area contributed by atoms with Crippen molar-refractivity contribution in [1.29, 1.82) is 0 Å². The molecule has 1 unspecified atom stereocenters. The van der Waals surface area contributed by atoms with Gasteiger partial charge in [-0.1, -0.05) is 12.1 Å². The lowest BCUT2D eigenvalue weighted by atomic mass is 9.85. The van der Waals surface area contributed by atoms with Crippen molar-refractivity contribution in [2.75, 3.05) is 7.11 Å². The van der Waals surface area contributed by atoms with E-state index in [9.17, 15) is 4.79 Å². The average Bonchev–Trinajstić information content (AvgIpc) is 2.91. The number of ether oxygens (including phenoxy) is 1. The zero-order valence-corrected chi connectivity index (χ0v) is 14.7. The Morgan fingerprint density at radius 3 is 2.32 bits per heavy atom. The van der Waals surface area contributed by atoms with E-state index in [2.05, 4.69) is 27.0 Å². The van der Waals surface area contributed by atoms with Gasteiger partial charge in [0.15, 0.2) is 0 Å². The molecule has 2 aliphatic rings. The molecule has 2 fully saturated rings. The summed E-state index contributed by atoms with van der Waals surface area (Å²) in [6, 6.07) is 8.98. The van der Waals surface area contributed by atoms with Crippen LogP contribution in [0.3, 0.4) is 0 Å². The van der Waals surface area contributed by atoms with Gasteiger partial charge < -0.3 is 9.64 Å². The third kappa shape index (κ3) is 2.99. The van der Waals surface area contributed by atoms with Crippen LogP contribution in [-0.4, -0.2) is 40.0 Å². The molecular weight excluding hydrogens is 314 g/mol. The lowest BCUT2D eigenvalue weighted by molar-refractivity contribution is 0.0565. The van der Waals surface area contributed by atoms with Crippen LogP contribution in [0.1, 0.15) is 53.3 Å². The molecule has 1 amide bonds. The highest BCUT2D eigenvalue weighted by Crippen LogP contribution is 2.43. The molecule has 0 aliphatic carbocycles. The van der Waals surface area contributed by atoms with E-state index >= 15 is 0 Å². The maximum absolute atomic E-state index is 12.9. The molecule has 2 aromatic rings. The maximum Gasteiger partial charge on any atom is 0.274 e. The second-order valence-corrected chi connectivity index (χ2v) is 7.08. The van der Waals surface area contributed by atoms with Gasteiger partial charge in [-0.3, -0.25) is 9.78 Å². The van der Waals surface area contributed by atoms with Crippen LogP contribution in [0.4, 0.5) is 0 Å². The number of hydrogen-bond donors (Lipinski definition) is 0. The summed E-state index contributed by atoms with van der Waals surface area (Å²) in [5.41, 5.74) is 2.64. The van der Waals surface area contributed by atoms with Crippen molar-refractivity contribution in [3.63, 3.8) is 0 Å².